The van der Waals surface area contributed by atoms with Gasteiger partial charge >= 0.3 is 0 Å². The second-order valence-corrected chi connectivity index (χ2v) is 5.45. The minimum atomic E-state index is -0.679. The summed E-state index contributed by atoms with van der Waals surface area (Å²) in [6.07, 6.45) is 3.58. The number of nitrogens with two attached hydrogens (primary N) is 1. The topological polar surface area (TPSA) is 46.2 Å². The van der Waals surface area contributed by atoms with Crippen LogP contribution < -0.4 is 5.73 Å². The van der Waals surface area contributed by atoms with E-state index in [-0.39, 0.29) is 11.5 Å². The fourth-order valence-corrected chi connectivity index (χ4v) is 2.11. The van der Waals surface area contributed by atoms with E-state index in [4.69, 9.17) is 5.73 Å². The van der Waals surface area contributed by atoms with E-state index < -0.39 is 5.60 Å². The average Bonchev–Trinajstić information content (AvgIpc) is 2.02. The third-order valence-electron chi connectivity index (χ3n) is 2.88. The first-order chi connectivity index (χ1) is 6.28. The molecule has 0 aromatic carbocycles. The Labute approximate surface area is 88.9 Å². The number of aliphatic hydroxyl groups is 1. The normalized spacial score (nSPS) is 15.6. The molecule has 0 radical (unpaired) electrons. The highest BCUT2D eigenvalue weighted by atomic mass is 16.3. The molecule has 86 valence electrons. The Bertz CT molecular complexity index is 154. The molecule has 0 aromatic rings. The molecule has 0 saturated heterocycles. The molecule has 0 heterocycles. The van der Waals surface area contributed by atoms with Crippen molar-refractivity contribution in [2.24, 2.45) is 11.1 Å². The third kappa shape index (κ3) is 3.58. The van der Waals surface area contributed by atoms with Crippen molar-refractivity contribution in [1.82, 2.24) is 0 Å². The van der Waals surface area contributed by atoms with Gasteiger partial charge in [0.15, 0.2) is 0 Å². The summed E-state index contributed by atoms with van der Waals surface area (Å²) in [6, 6.07) is -0.144. The van der Waals surface area contributed by atoms with Crippen LogP contribution >= 0.6 is 0 Å². The average molecular weight is 201 g/mol. The smallest absolute Gasteiger partial charge is 0.0802 e. The van der Waals surface area contributed by atoms with Gasteiger partial charge in [-0.25, -0.2) is 0 Å². The molecule has 0 unspecified atom stereocenters. The van der Waals surface area contributed by atoms with Crippen LogP contribution in [0.15, 0.2) is 0 Å². The van der Waals surface area contributed by atoms with Gasteiger partial charge < -0.3 is 10.8 Å². The summed E-state index contributed by atoms with van der Waals surface area (Å²) in [5, 5.41) is 10.5. The molecule has 0 bridgehead atoms. The maximum atomic E-state index is 10.5. The van der Waals surface area contributed by atoms with E-state index in [0.717, 1.165) is 25.7 Å². The van der Waals surface area contributed by atoms with Crippen molar-refractivity contribution in [2.75, 3.05) is 0 Å². The van der Waals surface area contributed by atoms with Crippen molar-refractivity contribution in [2.45, 2.75) is 71.9 Å². The zero-order valence-electron chi connectivity index (χ0n) is 10.4. The van der Waals surface area contributed by atoms with Crippen molar-refractivity contribution in [1.29, 1.82) is 0 Å². The van der Waals surface area contributed by atoms with Gasteiger partial charge in [-0.3, -0.25) is 0 Å². The van der Waals surface area contributed by atoms with Crippen LogP contribution in [0.5, 0.6) is 0 Å². The van der Waals surface area contributed by atoms with Crippen LogP contribution in [0.3, 0.4) is 0 Å². The largest absolute Gasteiger partial charge is 0.388 e. The zero-order valence-corrected chi connectivity index (χ0v) is 10.4. The summed E-state index contributed by atoms with van der Waals surface area (Å²) in [5.74, 6) is 0. The van der Waals surface area contributed by atoms with Gasteiger partial charge in [0.25, 0.3) is 0 Å². The quantitative estimate of drug-likeness (QED) is 0.718. The minimum Gasteiger partial charge on any atom is -0.388 e. The first kappa shape index (κ1) is 13.9. The molecule has 0 aliphatic rings. The van der Waals surface area contributed by atoms with Crippen molar-refractivity contribution in [3.63, 3.8) is 0 Å². The molecule has 0 saturated carbocycles. The molecule has 3 N–H and O–H groups in total. The standard InChI is InChI=1S/C12H27NO/c1-6-8-12(14,9-7-2)10(13)11(3,4)5/h10,14H,6-9,13H2,1-5H3/t10-/m1/s1. The van der Waals surface area contributed by atoms with E-state index in [2.05, 4.69) is 34.6 Å². The monoisotopic (exact) mass is 201 g/mol. The predicted molar refractivity (Wildman–Crippen MR) is 62.2 cm³/mol. The van der Waals surface area contributed by atoms with Crippen LogP contribution in [-0.4, -0.2) is 16.7 Å². The third-order valence-corrected chi connectivity index (χ3v) is 2.88. The predicted octanol–water partition coefficient (Wildman–Crippen LogP) is 2.69. The van der Waals surface area contributed by atoms with Gasteiger partial charge in [-0.1, -0.05) is 47.5 Å². The van der Waals surface area contributed by atoms with Crippen LogP contribution in [-0.2, 0) is 0 Å². The highest BCUT2D eigenvalue weighted by molar-refractivity contribution is 4.95. The van der Waals surface area contributed by atoms with Crippen LogP contribution in [0, 0.1) is 5.41 Å². The van der Waals surface area contributed by atoms with E-state index in [0.29, 0.717) is 0 Å². The summed E-state index contributed by atoms with van der Waals surface area (Å²) >= 11 is 0. The summed E-state index contributed by atoms with van der Waals surface area (Å²) in [7, 11) is 0. The lowest BCUT2D eigenvalue weighted by Crippen LogP contribution is -2.54. The first-order valence-corrected chi connectivity index (χ1v) is 5.76. The Morgan fingerprint density at radius 3 is 1.64 bits per heavy atom. The molecule has 0 fully saturated rings. The summed E-state index contributed by atoms with van der Waals surface area (Å²) < 4.78 is 0. The van der Waals surface area contributed by atoms with Crippen LogP contribution in [0.1, 0.15) is 60.3 Å². The van der Waals surface area contributed by atoms with Crippen molar-refractivity contribution < 1.29 is 5.11 Å². The van der Waals surface area contributed by atoms with Gasteiger partial charge in [0.2, 0.25) is 0 Å². The Morgan fingerprint density at radius 2 is 1.43 bits per heavy atom. The van der Waals surface area contributed by atoms with Gasteiger partial charge in [-0.15, -0.1) is 0 Å². The van der Waals surface area contributed by atoms with Gasteiger partial charge in [0.1, 0.15) is 0 Å². The maximum Gasteiger partial charge on any atom is 0.0802 e. The Kier molecular flexibility index (Phi) is 5.10. The van der Waals surface area contributed by atoms with Crippen LogP contribution in [0.4, 0.5) is 0 Å². The Balaban J connectivity index is 4.63. The number of rotatable bonds is 5. The molecule has 0 aliphatic carbocycles. The zero-order chi connectivity index (χ0) is 11.4. The molecule has 1 atom stereocenters. The maximum absolute atomic E-state index is 10.5. The molecule has 0 rings (SSSR count). The van der Waals surface area contributed by atoms with Gasteiger partial charge in [-0.2, -0.15) is 0 Å². The molecule has 0 amide bonds. The van der Waals surface area contributed by atoms with E-state index in [1.165, 1.54) is 0 Å². The molecule has 0 aromatic heterocycles. The number of hydrogen-bond acceptors (Lipinski definition) is 2. The second-order valence-electron chi connectivity index (χ2n) is 5.45. The summed E-state index contributed by atoms with van der Waals surface area (Å²) in [4.78, 5) is 0. The van der Waals surface area contributed by atoms with Gasteiger partial charge in [0.05, 0.1) is 5.60 Å². The van der Waals surface area contributed by atoms with E-state index in [1.807, 2.05) is 0 Å². The summed E-state index contributed by atoms with van der Waals surface area (Å²) in [6.45, 7) is 10.5. The fourth-order valence-electron chi connectivity index (χ4n) is 2.11. The molecule has 2 nitrogen and oxygen atoms in total. The Hall–Kier alpha value is -0.0800. The van der Waals surface area contributed by atoms with E-state index in [9.17, 15) is 5.11 Å². The van der Waals surface area contributed by atoms with E-state index >= 15 is 0 Å². The summed E-state index contributed by atoms with van der Waals surface area (Å²) in [5.41, 5.74) is 5.44. The second kappa shape index (κ2) is 5.13. The van der Waals surface area contributed by atoms with Crippen molar-refractivity contribution >= 4 is 0 Å². The first-order valence-electron chi connectivity index (χ1n) is 5.76. The van der Waals surface area contributed by atoms with Gasteiger partial charge in [-0.05, 0) is 18.3 Å². The lowest BCUT2D eigenvalue weighted by atomic mass is 9.73. The van der Waals surface area contributed by atoms with Crippen molar-refractivity contribution in [3.8, 4) is 0 Å². The lowest BCUT2D eigenvalue weighted by molar-refractivity contribution is -0.0356. The van der Waals surface area contributed by atoms with E-state index in [1.54, 1.807) is 0 Å². The molecule has 14 heavy (non-hydrogen) atoms. The van der Waals surface area contributed by atoms with Crippen LogP contribution in [0.25, 0.3) is 0 Å². The van der Waals surface area contributed by atoms with Crippen molar-refractivity contribution in [3.05, 3.63) is 0 Å². The molecular formula is C12H27NO. The lowest BCUT2D eigenvalue weighted by Gasteiger charge is -2.41. The highest BCUT2D eigenvalue weighted by Gasteiger charge is 2.39. The van der Waals surface area contributed by atoms with Crippen LogP contribution in [0.2, 0.25) is 0 Å². The minimum absolute atomic E-state index is 0.0287. The molecular weight excluding hydrogens is 174 g/mol. The number of hydrogen-bond donors (Lipinski definition) is 2. The molecule has 0 spiro atoms. The SMILES string of the molecule is CCCC(O)(CCC)[C@H](N)C(C)(C)C. The Morgan fingerprint density at radius 1 is 1.07 bits per heavy atom. The highest BCUT2D eigenvalue weighted by Crippen LogP contribution is 2.32. The molecule has 2 heteroatoms. The van der Waals surface area contributed by atoms with Gasteiger partial charge in [0, 0.05) is 6.04 Å². The fraction of sp³-hybridized carbons (Fsp3) is 1.00. The molecule has 0 aliphatic heterocycles.